The van der Waals surface area contributed by atoms with Gasteiger partial charge in [-0.15, -0.1) is 6.58 Å². The monoisotopic (exact) mass is 186 g/mol. The van der Waals surface area contributed by atoms with E-state index in [0.717, 1.165) is 0 Å². The number of carbonyl (C=O) groups excluding carboxylic acids is 1. The lowest BCUT2D eigenvalue weighted by Crippen LogP contribution is -2.42. The van der Waals surface area contributed by atoms with Crippen molar-refractivity contribution in [2.24, 2.45) is 5.73 Å². The van der Waals surface area contributed by atoms with Gasteiger partial charge in [0.05, 0.1) is 12.5 Å². The van der Waals surface area contributed by atoms with Gasteiger partial charge < -0.3 is 15.7 Å². The second-order valence-electron chi connectivity index (χ2n) is 2.71. The third-order valence-electron chi connectivity index (χ3n) is 1.49. The average Bonchev–Trinajstić information content (AvgIpc) is 2.02. The minimum atomic E-state index is -1.08. The van der Waals surface area contributed by atoms with Crippen LogP contribution in [0.15, 0.2) is 12.7 Å². The van der Waals surface area contributed by atoms with Gasteiger partial charge in [0, 0.05) is 13.6 Å². The number of nitrogens with zero attached hydrogens (tertiary/aromatic N) is 1. The van der Waals surface area contributed by atoms with Gasteiger partial charge in [0.25, 0.3) is 0 Å². The first-order chi connectivity index (χ1) is 5.99. The van der Waals surface area contributed by atoms with Gasteiger partial charge in [-0.1, -0.05) is 6.08 Å². The predicted octanol–water partition coefficient (Wildman–Crippen LogP) is -0.567. The van der Waals surface area contributed by atoms with Crippen LogP contribution >= 0.6 is 0 Å². The van der Waals surface area contributed by atoms with E-state index >= 15 is 0 Å². The predicted molar refractivity (Wildman–Crippen MR) is 48.1 cm³/mol. The third-order valence-corrected chi connectivity index (χ3v) is 1.49. The first-order valence-electron chi connectivity index (χ1n) is 3.82. The minimum Gasteiger partial charge on any atom is -0.481 e. The maximum Gasteiger partial charge on any atom is 0.305 e. The maximum absolute atomic E-state index is 11.3. The van der Waals surface area contributed by atoms with Crippen LogP contribution in [0.4, 0.5) is 0 Å². The lowest BCUT2D eigenvalue weighted by Gasteiger charge is -2.18. The topological polar surface area (TPSA) is 83.6 Å². The standard InChI is InChI=1S/C8H14N2O3/c1-3-4-10(2)8(13)6(9)5-7(11)12/h3,6H,1,4-5,9H2,2H3,(H,11,12). The second-order valence-corrected chi connectivity index (χ2v) is 2.71. The molecule has 0 bridgehead atoms. The number of amides is 1. The van der Waals surface area contributed by atoms with E-state index in [1.54, 1.807) is 13.1 Å². The van der Waals surface area contributed by atoms with E-state index in [1.165, 1.54) is 4.90 Å². The Hall–Kier alpha value is -1.36. The van der Waals surface area contributed by atoms with Crippen LogP contribution in [0, 0.1) is 0 Å². The van der Waals surface area contributed by atoms with E-state index in [2.05, 4.69) is 6.58 Å². The number of rotatable bonds is 5. The van der Waals surface area contributed by atoms with Crippen LogP contribution in [0.5, 0.6) is 0 Å². The number of aliphatic carboxylic acids is 1. The maximum atomic E-state index is 11.3. The van der Waals surface area contributed by atoms with Crippen molar-refractivity contribution in [3.05, 3.63) is 12.7 Å². The van der Waals surface area contributed by atoms with E-state index in [9.17, 15) is 9.59 Å². The quantitative estimate of drug-likeness (QED) is 0.563. The van der Waals surface area contributed by atoms with Gasteiger partial charge in [-0.2, -0.15) is 0 Å². The molecule has 13 heavy (non-hydrogen) atoms. The van der Waals surface area contributed by atoms with Gasteiger partial charge in [-0.3, -0.25) is 9.59 Å². The molecule has 74 valence electrons. The molecule has 0 radical (unpaired) electrons. The molecule has 0 aliphatic rings. The highest BCUT2D eigenvalue weighted by molar-refractivity contribution is 5.85. The van der Waals surface area contributed by atoms with Crippen molar-refractivity contribution >= 4 is 11.9 Å². The molecule has 0 fully saturated rings. The Morgan fingerprint density at radius 2 is 2.23 bits per heavy atom. The van der Waals surface area contributed by atoms with Crippen LogP contribution in [0.2, 0.25) is 0 Å². The van der Waals surface area contributed by atoms with Gasteiger partial charge in [0.1, 0.15) is 0 Å². The summed E-state index contributed by atoms with van der Waals surface area (Å²) in [4.78, 5) is 22.8. The number of hydrogen-bond donors (Lipinski definition) is 2. The van der Waals surface area contributed by atoms with Gasteiger partial charge in [0.15, 0.2) is 0 Å². The smallest absolute Gasteiger partial charge is 0.305 e. The molecule has 0 rings (SSSR count). The Kier molecular flexibility index (Phi) is 4.76. The molecule has 0 saturated heterocycles. The molecule has 0 aromatic rings. The van der Waals surface area contributed by atoms with Crippen LogP contribution < -0.4 is 5.73 Å². The molecule has 0 heterocycles. The summed E-state index contributed by atoms with van der Waals surface area (Å²) < 4.78 is 0. The summed E-state index contributed by atoms with van der Waals surface area (Å²) in [6.45, 7) is 3.82. The number of carboxylic acid groups (broad SMARTS) is 1. The Morgan fingerprint density at radius 1 is 1.69 bits per heavy atom. The summed E-state index contributed by atoms with van der Waals surface area (Å²) in [5.74, 6) is -1.46. The number of carboxylic acids is 1. The van der Waals surface area contributed by atoms with Crippen LogP contribution in [0.25, 0.3) is 0 Å². The van der Waals surface area contributed by atoms with Crippen molar-refractivity contribution in [3.8, 4) is 0 Å². The second kappa shape index (κ2) is 5.31. The molecule has 3 N–H and O–H groups in total. The summed E-state index contributed by atoms with van der Waals surface area (Å²) >= 11 is 0. The highest BCUT2D eigenvalue weighted by Crippen LogP contribution is 1.94. The van der Waals surface area contributed by atoms with E-state index in [4.69, 9.17) is 10.8 Å². The number of likely N-dealkylation sites (N-methyl/N-ethyl adjacent to an activating group) is 1. The first-order valence-corrected chi connectivity index (χ1v) is 3.82. The Balaban J connectivity index is 4.08. The average molecular weight is 186 g/mol. The highest BCUT2D eigenvalue weighted by atomic mass is 16.4. The fraction of sp³-hybridized carbons (Fsp3) is 0.500. The molecular weight excluding hydrogens is 172 g/mol. The van der Waals surface area contributed by atoms with Crippen molar-refractivity contribution < 1.29 is 14.7 Å². The molecule has 0 aliphatic heterocycles. The number of hydrogen-bond acceptors (Lipinski definition) is 3. The van der Waals surface area contributed by atoms with Gasteiger partial charge in [-0.05, 0) is 0 Å². The molecule has 0 saturated carbocycles. The number of carbonyl (C=O) groups is 2. The number of nitrogens with two attached hydrogens (primary N) is 1. The van der Waals surface area contributed by atoms with Crippen molar-refractivity contribution in [3.63, 3.8) is 0 Å². The van der Waals surface area contributed by atoms with Crippen molar-refractivity contribution in [2.45, 2.75) is 12.5 Å². The highest BCUT2D eigenvalue weighted by Gasteiger charge is 2.19. The largest absolute Gasteiger partial charge is 0.481 e. The zero-order valence-electron chi connectivity index (χ0n) is 7.56. The van der Waals surface area contributed by atoms with Crippen molar-refractivity contribution in [1.82, 2.24) is 4.90 Å². The van der Waals surface area contributed by atoms with E-state index in [-0.39, 0.29) is 12.3 Å². The fourth-order valence-corrected chi connectivity index (χ4v) is 0.842. The molecule has 0 aromatic carbocycles. The normalized spacial score (nSPS) is 11.8. The Labute approximate surface area is 76.8 Å². The molecule has 0 aromatic heterocycles. The SMILES string of the molecule is C=CCN(C)C(=O)C(N)CC(=O)O. The lowest BCUT2D eigenvalue weighted by molar-refractivity contribution is -0.141. The van der Waals surface area contributed by atoms with Crippen molar-refractivity contribution in [1.29, 1.82) is 0 Å². The first kappa shape index (κ1) is 11.6. The summed E-state index contributed by atoms with van der Waals surface area (Å²) in [6, 6.07) is -0.970. The molecule has 5 heteroatoms. The molecule has 5 nitrogen and oxygen atoms in total. The van der Waals surface area contributed by atoms with E-state index < -0.39 is 12.0 Å². The van der Waals surface area contributed by atoms with Gasteiger partial charge in [-0.25, -0.2) is 0 Å². The Morgan fingerprint density at radius 3 is 2.62 bits per heavy atom. The van der Waals surface area contributed by atoms with Crippen LogP contribution in [0.3, 0.4) is 0 Å². The zero-order chi connectivity index (χ0) is 10.4. The summed E-state index contributed by atoms with van der Waals surface area (Å²) in [6.07, 6.45) is 1.20. The fourth-order valence-electron chi connectivity index (χ4n) is 0.842. The van der Waals surface area contributed by atoms with Crippen LogP contribution in [-0.2, 0) is 9.59 Å². The lowest BCUT2D eigenvalue weighted by atomic mass is 10.2. The van der Waals surface area contributed by atoms with Crippen LogP contribution in [-0.4, -0.2) is 41.5 Å². The van der Waals surface area contributed by atoms with E-state index in [1.807, 2.05) is 0 Å². The van der Waals surface area contributed by atoms with E-state index in [0.29, 0.717) is 6.54 Å². The molecule has 0 aliphatic carbocycles. The minimum absolute atomic E-state index is 0.347. The van der Waals surface area contributed by atoms with Crippen molar-refractivity contribution in [2.75, 3.05) is 13.6 Å². The molecule has 1 unspecified atom stereocenters. The Bertz CT molecular complexity index is 215. The third kappa shape index (κ3) is 4.27. The summed E-state index contributed by atoms with van der Waals surface area (Å²) in [5.41, 5.74) is 5.34. The van der Waals surface area contributed by atoms with Crippen LogP contribution in [0.1, 0.15) is 6.42 Å². The summed E-state index contributed by atoms with van der Waals surface area (Å²) in [5, 5.41) is 8.37. The molecular formula is C8H14N2O3. The molecule has 1 amide bonds. The molecule has 1 atom stereocenters. The summed E-state index contributed by atoms with van der Waals surface area (Å²) in [7, 11) is 1.55. The zero-order valence-corrected chi connectivity index (χ0v) is 7.56. The molecule has 0 spiro atoms. The van der Waals surface area contributed by atoms with Gasteiger partial charge >= 0.3 is 5.97 Å². The van der Waals surface area contributed by atoms with Gasteiger partial charge in [0.2, 0.25) is 5.91 Å².